The smallest absolute Gasteiger partial charge is 0.241 e. The van der Waals surface area contributed by atoms with Gasteiger partial charge in [0.1, 0.15) is 10.8 Å². The summed E-state index contributed by atoms with van der Waals surface area (Å²) in [7, 11) is -1.98. The minimum absolute atomic E-state index is 0.155. The van der Waals surface area contributed by atoms with Crippen molar-refractivity contribution in [2.75, 3.05) is 7.11 Å². The summed E-state index contributed by atoms with van der Waals surface area (Å²) in [5, 5.41) is 2.71. The van der Waals surface area contributed by atoms with E-state index in [4.69, 9.17) is 4.74 Å². The highest BCUT2D eigenvalue weighted by Crippen LogP contribution is 2.26. The lowest BCUT2D eigenvalue weighted by Gasteiger charge is -2.12. The molecule has 1 N–H and O–H groups in total. The van der Waals surface area contributed by atoms with Gasteiger partial charge in [-0.1, -0.05) is 17.7 Å². The maximum Gasteiger partial charge on any atom is 0.241 e. The second-order valence-corrected chi connectivity index (χ2v) is 8.99. The van der Waals surface area contributed by atoms with E-state index in [0.29, 0.717) is 10.6 Å². The number of ether oxygens (including phenoxy) is 1. The molecule has 0 saturated carbocycles. The van der Waals surface area contributed by atoms with Crippen molar-refractivity contribution in [3.63, 3.8) is 0 Å². The number of nitrogens with one attached hydrogen (secondary N) is 1. The number of hydrogen-bond donors (Lipinski definition) is 1. The molecule has 1 heterocycles. The number of aromatic nitrogens is 1. The van der Waals surface area contributed by atoms with Gasteiger partial charge in [0.2, 0.25) is 10.0 Å². The first-order valence-electron chi connectivity index (χ1n) is 8.46. The predicted molar refractivity (Wildman–Crippen MR) is 109 cm³/mol. The number of hydrogen-bond acceptors (Lipinski definition) is 5. The molecule has 0 radical (unpaired) electrons. The molecule has 0 bridgehead atoms. The molecule has 0 atom stereocenters. The van der Waals surface area contributed by atoms with Crippen molar-refractivity contribution in [3.8, 4) is 16.3 Å². The average molecular weight is 403 g/mol. The average Bonchev–Trinajstić information content (AvgIpc) is 3.08. The first-order chi connectivity index (χ1) is 12.8. The number of sulfonamides is 1. The minimum Gasteiger partial charge on any atom is -0.497 e. The van der Waals surface area contributed by atoms with Gasteiger partial charge < -0.3 is 4.74 Å². The summed E-state index contributed by atoms with van der Waals surface area (Å²) in [5.74, 6) is 0.784. The highest BCUT2D eigenvalue weighted by Gasteiger charge is 2.20. The molecule has 5 nitrogen and oxygen atoms in total. The molecule has 142 valence electrons. The van der Waals surface area contributed by atoms with Gasteiger partial charge in [0.25, 0.3) is 0 Å². The van der Waals surface area contributed by atoms with Crippen LogP contribution in [-0.2, 0) is 16.6 Å². The van der Waals surface area contributed by atoms with Crippen LogP contribution in [0.2, 0.25) is 0 Å². The summed E-state index contributed by atoms with van der Waals surface area (Å²) >= 11 is 1.48. The van der Waals surface area contributed by atoms with E-state index < -0.39 is 10.0 Å². The Bertz CT molecular complexity index is 1030. The normalized spacial score (nSPS) is 11.6. The first kappa shape index (κ1) is 19.5. The monoisotopic (exact) mass is 402 g/mol. The highest BCUT2D eigenvalue weighted by molar-refractivity contribution is 7.89. The second kappa shape index (κ2) is 7.80. The van der Waals surface area contributed by atoms with Crippen LogP contribution in [0.3, 0.4) is 0 Å². The van der Waals surface area contributed by atoms with Crippen LogP contribution in [0.5, 0.6) is 5.75 Å². The molecule has 0 aliphatic rings. The summed E-state index contributed by atoms with van der Waals surface area (Å²) in [4.78, 5) is 4.89. The second-order valence-electron chi connectivity index (χ2n) is 6.42. The third-order valence-electron chi connectivity index (χ3n) is 4.21. The number of benzene rings is 2. The van der Waals surface area contributed by atoms with E-state index in [9.17, 15) is 8.42 Å². The molecule has 0 aliphatic carbocycles. The van der Waals surface area contributed by atoms with E-state index in [2.05, 4.69) is 9.71 Å². The summed E-state index contributed by atoms with van der Waals surface area (Å²) in [5.41, 5.74) is 4.21. The summed E-state index contributed by atoms with van der Waals surface area (Å²) < 4.78 is 33.3. The SMILES string of the molecule is COc1ccc(-c2nc(CNS(=O)(=O)c3c(C)cc(C)cc3C)cs2)cc1. The summed E-state index contributed by atoms with van der Waals surface area (Å²) in [6.45, 7) is 5.75. The molecule has 3 aromatic rings. The van der Waals surface area contributed by atoms with Crippen molar-refractivity contribution in [1.82, 2.24) is 9.71 Å². The molecule has 3 rings (SSSR count). The first-order valence-corrected chi connectivity index (χ1v) is 10.8. The van der Waals surface area contributed by atoms with Crippen molar-refractivity contribution in [2.45, 2.75) is 32.2 Å². The third kappa shape index (κ3) is 4.37. The molecular formula is C20H22N2O3S2. The lowest BCUT2D eigenvalue weighted by molar-refractivity contribution is 0.415. The molecule has 7 heteroatoms. The largest absolute Gasteiger partial charge is 0.497 e. The van der Waals surface area contributed by atoms with Crippen molar-refractivity contribution >= 4 is 21.4 Å². The van der Waals surface area contributed by atoms with Gasteiger partial charge in [-0.15, -0.1) is 11.3 Å². The molecule has 0 aliphatic heterocycles. The van der Waals surface area contributed by atoms with Crippen molar-refractivity contribution in [1.29, 1.82) is 0 Å². The van der Waals surface area contributed by atoms with Gasteiger partial charge in [-0.25, -0.2) is 18.1 Å². The summed E-state index contributed by atoms with van der Waals surface area (Å²) in [6.07, 6.45) is 0. The highest BCUT2D eigenvalue weighted by atomic mass is 32.2. The minimum atomic E-state index is -3.60. The molecular weight excluding hydrogens is 380 g/mol. The number of rotatable bonds is 6. The van der Waals surface area contributed by atoms with Gasteiger partial charge in [-0.05, 0) is 56.2 Å². The van der Waals surface area contributed by atoms with Crippen LogP contribution in [0.15, 0.2) is 46.7 Å². The zero-order valence-electron chi connectivity index (χ0n) is 15.7. The van der Waals surface area contributed by atoms with Gasteiger partial charge in [0.05, 0.1) is 24.2 Å². The third-order valence-corrected chi connectivity index (χ3v) is 6.85. The molecule has 0 saturated heterocycles. The quantitative estimate of drug-likeness (QED) is 0.670. The van der Waals surface area contributed by atoms with Crippen molar-refractivity contribution in [3.05, 3.63) is 64.2 Å². The molecule has 1 aromatic heterocycles. The molecule has 0 amide bonds. The van der Waals surface area contributed by atoms with E-state index >= 15 is 0 Å². The topological polar surface area (TPSA) is 68.3 Å². The lowest BCUT2D eigenvalue weighted by Crippen LogP contribution is -2.25. The summed E-state index contributed by atoms with van der Waals surface area (Å²) in [6, 6.07) is 11.4. The molecule has 27 heavy (non-hydrogen) atoms. The molecule has 0 unspecified atom stereocenters. The van der Waals surface area contributed by atoms with Crippen LogP contribution in [0.25, 0.3) is 10.6 Å². The van der Waals surface area contributed by atoms with Crippen LogP contribution in [0, 0.1) is 20.8 Å². The Kier molecular flexibility index (Phi) is 5.64. The zero-order chi connectivity index (χ0) is 19.6. The Labute approximate surface area is 164 Å². The van der Waals surface area contributed by atoms with Crippen LogP contribution in [0.1, 0.15) is 22.4 Å². The molecule has 0 fully saturated rings. The lowest BCUT2D eigenvalue weighted by atomic mass is 10.1. The Morgan fingerprint density at radius 2 is 1.70 bits per heavy atom. The Hall–Kier alpha value is -2.22. The fourth-order valence-corrected chi connectivity index (χ4v) is 5.36. The van der Waals surface area contributed by atoms with Crippen LogP contribution in [-0.4, -0.2) is 20.5 Å². The van der Waals surface area contributed by atoms with E-state index in [1.165, 1.54) is 11.3 Å². The van der Waals surface area contributed by atoms with Crippen LogP contribution >= 0.6 is 11.3 Å². The standard InChI is InChI=1S/C20H22N2O3S2/c1-13-9-14(2)19(15(3)10-13)27(23,24)21-11-17-12-26-20(22-17)16-5-7-18(25-4)8-6-16/h5-10,12,21H,11H2,1-4H3. The van der Waals surface area contributed by atoms with E-state index in [1.54, 1.807) is 7.11 Å². The van der Waals surface area contributed by atoms with Crippen LogP contribution < -0.4 is 9.46 Å². The zero-order valence-corrected chi connectivity index (χ0v) is 17.4. The van der Waals surface area contributed by atoms with Gasteiger partial charge in [0, 0.05) is 10.9 Å². The van der Waals surface area contributed by atoms with E-state index in [0.717, 1.165) is 33.0 Å². The number of thiazole rings is 1. The molecule has 0 spiro atoms. The predicted octanol–water partition coefficient (Wildman–Crippen LogP) is 4.22. The van der Waals surface area contributed by atoms with Gasteiger partial charge >= 0.3 is 0 Å². The number of nitrogens with zero attached hydrogens (tertiary/aromatic N) is 1. The van der Waals surface area contributed by atoms with Gasteiger partial charge in [-0.3, -0.25) is 0 Å². The van der Waals surface area contributed by atoms with Crippen molar-refractivity contribution in [2.24, 2.45) is 0 Å². The van der Waals surface area contributed by atoms with Crippen LogP contribution in [0.4, 0.5) is 0 Å². The Morgan fingerprint density at radius 3 is 2.30 bits per heavy atom. The van der Waals surface area contributed by atoms with Crippen molar-refractivity contribution < 1.29 is 13.2 Å². The maximum absolute atomic E-state index is 12.8. The number of aryl methyl sites for hydroxylation is 3. The van der Waals surface area contributed by atoms with Gasteiger partial charge in [0.15, 0.2) is 0 Å². The number of methoxy groups -OCH3 is 1. The van der Waals surface area contributed by atoms with E-state index in [1.807, 2.05) is 62.5 Å². The Balaban J connectivity index is 1.76. The maximum atomic E-state index is 12.8. The molecule has 2 aromatic carbocycles. The fourth-order valence-electron chi connectivity index (χ4n) is 3.09. The van der Waals surface area contributed by atoms with Gasteiger partial charge in [-0.2, -0.15) is 0 Å². The Morgan fingerprint density at radius 1 is 1.07 bits per heavy atom. The fraction of sp³-hybridized carbons (Fsp3) is 0.250. The van der Waals surface area contributed by atoms with E-state index in [-0.39, 0.29) is 6.54 Å².